The Morgan fingerprint density at radius 3 is 2.44 bits per heavy atom. The molecule has 0 bridgehead atoms. The maximum atomic E-state index is 13.4. The maximum Gasteiger partial charge on any atom is 0.264 e. The third-order valence-electron chi connectivity index (χ3n) is 6.39. The predicted octanol–water partition coefficient (Wildman–Crippen LogP) is 5.03. The van der Waals surface area contributed by atoms with E-state index in [1.165, 1.54) is 4.90 Å². The molecular weight excluding hydrogens is 426 g/mol. The number of anilines is 1. The minimum Gasteiger partial charge on any atom is -0.491 e. The Morgan fingerprint density at radius 2 is 1.62 bits per heavy atom. The Balaban J connectivity index is 1.38. The van der Waals surface area contributed by atoms with Crippen LogP contribution >= 0.6 is 0 Å². The molecule has 170 valence electrons. The van der Waals surface area contributed by atoms with Crippen LogP contribution in [0.4, 0.5) is 5.69 Å². The summed E-state index contributed by atoms with van der Waals surface area (Å²) in [5.74, 6) is -0.0326. The fourth-order valence-electron chi connectivity index (χ4n) is 4.56. The Labute approximate surface area is 198 Å². The molecule has 5 heteroatoms. The molecule has 1 atom stereocenters. The largest absolute Gasteiger partial charge is 0.491 e. The third kappa shape index (κ3) is 3.84. The molecule has 0 spiro atoms. The van der Waals surface area contributed by atoms with Crippen molar-refractivity contribution in [1.29, 1.82) is 0 Å². The number of fused-ring (bicyclic) bond motifs is 2. The minimum absolute atomic E-state index is 0.261. The molecule has 5 rings (SSSR count). The summed E-state index contributed by atoms with van der Waals surface area (Å²) in [7, 11) is 0. The lowest BCUT2D eigenvalue weighted by Gasteiger charge is -2.23. The number of ether oxygens (including phenoxy) is 1. The fourth-order valence-corrected chi connectivity index (χ4v) is 4.56. The van der Waals surface area contributed by atoms with Crippen molar-refractivity contribution in [3.8, 4) is 5.75 Å². The number of aliphatic hydroxyl groups is 1. The molecule has 0 aromatic heterocycles. The maximum absolute atomic E-state index is 13.4. The summed E-state index contributed by atoms with van der Waals surface area (Å²) in [4.78, 5) is 28.1. The van der Waals surface area contributed by atoms with E-state index in [1.807, 2.05) is 67.6 Å². The quantitative estimate of drug-likeness (QED) is 0.400. The Bertz CT molecular complexity index is 1400. The van der Waals surface area contributed by atoms with Gasteiger partial charge in [-0.3, -0.25) is 9.59 Å². The Kier molecular flexibility index (Phi) is 5.64. The number of hydrogen-bond acceptors (Lipinski definition) is 4. The molecule has 1 aliphatic heterocycles. The van der Waals surface area contributed by atoms with Crippen LogP contribution in [0.1, 0.15) is 27.9 Å². The monoisotopic (exact) mass is 451 g/mol. The van der Waals surface area contributed by atoms with Gasteiger partial charge in [-0.25, -0.2) is 0 Å². The van der Waals surface area contributed by atoms with E-state index in [1.54, 1.807) is 30.3 Å². The molecule has 1 N–H and O–H groups in total. The second kappa shape index (κ2) is 8.76. The zero-order chi connectivity index (χ0) is 23.7. The molecular formula is C29H25NO4. The van der Waals surface area contributed by atoms with Gasteiger partial charge in [0.2, 0.25) is 0 Å². The van der Waals surface area contributed by atoms with Crippen LogP contribution in [-0.4, -0.2) is 29.9 Å². The SMILES string of the molecule is Cc1ccccc1OCCN1C(=O)C(O)(CC(=O)c2ccc3ccccc3c2)c2ccccc21. The van der Waals surface area contributed by atoms with E-state index in [9.17, 15) is 14.7 Å². The number of rotatable bonds is 7. The molecule has 1 aliphatic rings. The van der Waals surface area contributed by atoms with E-state index in [4.69, 9.17) is 4.74 Å². The number of carbonyl (C=O) groups excluding carboxylic acids is 2. The highest BCUT2D eigenvalue weighted by atomic mass is 16.5. The minimum atomic E-state index is -1.91. The first-order chi connectivity index (χ1) is 16.5. The van der Waals surface area contributed by atoms with Gasteiger partial charge in [0.05, 0.1) is 18.7 Å². The molecule has 0 saturated carbocycles. The molecule has 0 aliphatic carbocycles. The number of aryl methyl sites for hydroxylation is 1. The van der Waals surface area contributed by atoms with Gasteiger partial charge in [0.1, 0.15) is 12.4 Å². The van der Waals surface area contributed by atoms with E-state index < -0.39 is 11.5 Å². The van der Waals surface area contributed by atoms with Crippen LogP contribution in [-0.2, 0) is 10.4 Å². The first kappa shape index (κ1) is 21.9. The molecule has 0 fully saturated rings. The zero-order valence-electron chi connectivity index (χ0n) is 18.9. The lowest BCUT2D eigenvalue weighted by atomic mass is 9.88. The van der Waals surface area contributed by atoms with Gasteiger partial charge in [-0.1, -0.05) is 72.8 Å². The fraction of sp³-hybridized carbons (Fsp3) is 0.172. The zero-order valence-corrected chi connectivity index (χ0v) is 18.9. The first-order valence-corrected chi connectivity index (χ1v) is 11.3. The summed E-state index contributed by atoms with van der Waals surface area (Å²) < 4.78 is 5.88. The number of ketones is 1. The second-order valence-corrected chi connectivity index (χ2v) is 8.61. The van der Waals surface area contributed by atoms with Crippen LogP contribution in [0.2, 0.25) is 0 Å². The normalized spacial score (nSPS) is 17.1. The van der Waals surface area contributed by atoms with Gasteiger partial charge in [-0.15, -0.1) is 0 Å². The second-order valence-electron chi connectivity index (χ2n) is 8.61. The van der Waals surface area contributed by atoms with Crippen molar-refractivity contribution in [2.24, 2.45) is 0 Å². The summed E-state index contributed by atoms with van der Waals surface area (Å²) in [5.41, 5.74) is 0.619. The van der Waals surface area contributed by atoms with Crippen molar-refractivity contribution in [2.75, 3.05) is 18.1 Å². The summed E-state index contributed by atoms with van der Waals surface area (Å²) >= 11 is 0. The van der Waals surface area contributed by atoms with Crippen LogP contribution in [0.3, 0.4) is 0 Å². The lowest BCUT2D eigenvalue weighted by Crippen LogP contribution is -2.43. The number of carbonyl (C=O) groups is 2. The van der Waals surface area contributed by atoms with Crippen molar-refractivity contribution >= 4 is 28.2 Å². The van der Waals surface area contributed by atoms with Gasteiger partial charge in [0.25, 0.3) is 5.91 Å². The summed E-state index contributed by atoms with van der Waals surface area (Å²) in [5, 5.41) is 13.5. The van der Waals surface area contributed by atoms with Gasteiger partial charge in [0.15, 0.2) is 11.4 Å². The number of benzene rings is 4. The highest BCUT2D eigenvalue weighted by Gasteiger charge is 2.50. The van der Waals surface area contributed by atoms with Gasteiger partial charge in [-0.2, -0.15) is 0 Å². The van der Waals surface area contributed by atoms with Crippen LogP contribution in [0.5, 0.6) is 5.75 Å². The average Bonchev–Trinajstić information content (AvgIpc) is 3.06. The van der Waals surface area contributed by atoms with Crippen molar-refractivity contribution in [1.82, 2.24) is 0 Å². The summed E-state index contributed by atoms with van der Waals surface area (Å²) in [6, 6.07) is 28.0. The van der Waals surface area contributed by atoms with Crippen LogP contribution in [0, 0.1) is 6.92 Å². The molecule has 5 nitrogen and oxygen atoms in total. The number of para-hydroxylation sites is 2. The van der Waals surface area contributed by atoms with Crippen molar-refractivity contribution in [2.45, 2.75) is 18.9 Å². The Hall–Kier alpha value is -3.96. The predicted molar refractivity (Wildman–Crippen MR) is 132 cm³/mol. The van der Waals surface area contributed by atoms with E-state index in [2.05, 4.69) is 0 Å². The molecule has 0 saturated heterocycles. The van der Waals surface area contributed by atoms with E-state index >= 15 is 0 Å². The average molecular weight is 452 g/mol. The van der Waals surface area contributed by atoms with Crippen LogP contribution < -0.4 is 9.64 Å². The third-order valence-corrected chi connectivity index (χ3v) is 6.39. The number of hydrogen-bond donors (Lipinski definition) is 1. The molecule has 1 unspecified atom stereocenters. The van der Waals surface area contributed by atoms with E-state index in [-0.39, 0.29) is 25.4 Å². The lowest BCUT2D eigenvalue weighted by molar-refractivity contribution is -0.135. The topological polar surface area (TPSA) is 66.8 Å². The standard InChI is InChI=1S/C29H25NO4/c1-20-8-2-7-13-27(20)34-17-16-30-25-12-6-5-11-24(25)29(33,28(30)32)19-26(31)23-15-14-21-9-3-4-10-22(21)18-23/h2-15,18,33H,16-17,19H2,1H3. The molecule has 1 amide bonds. The Morgan fingerprint density at radius 1 is 0.912 bits per heavy atom. The molecule has 34 heavy (non-hydrogen) atoms. The first-order valence-electron chi connectivity index (χ1n) is 11.3. The van der Waals surface area contributed by atoms with Gasteiger partial charge in [-0.05, 0) is 41.5 Å². The van der Waals surface area contributed by atoms with E-state index in [0.29, 0.717) is 16.8 Å². The van der Waals surface area contributed by atoms with Crippen molar-refractivity contribution < 1.29 is 19.4 Å². The highest BCUT2D eigenvalue weighted by molar-refractivity contribution is 6.11. The van der Waals surface area contributed by atoms with E-state index in [0.717, 1.165) is 22.1 Å². The molecule has 4 aromatic carbocycles. The molecule has 1 heterocycles. The summed E-state index contributed by atoms with van der Waals surface area (Å²) in [6.45, 7) is 2.49. The van der Waals surface area contributed by atoms with Gasteiger partial charge < -0.3 is 14.7 Å². The van der Waals surface area contributed by atoms with Gasteiger partial charge >= 0.3 is 0 Å². The van der Waals surface area contributed by atoms with Gasteiger partial charge in [0, 0.05) is 11.1 Å². The summed E-state index contributed by atoms with van der Waals surface area (Å²) in [6.07, 6.45) is -0.323. The number of nitrogens with zero attached hydrogens (tertiary/aromatic N) is 1. The van der Waals surface area contributed by atoms with Crippen molar-refractivity contribution in [3.05, 3.63) is 108 Å². The molecule has 0 radical (unpaired) electrons. The number of amides is 1. The highest BCUT2D eigenvalue weighted by Crippen LogP contribution is 2.42. The van der Waals surface area contributed by atoms with Crippen molar-refractivity contribution in [3.63, 3.8) is 0 Å². The van der Waals surface area contributed by atoms with Crippen LogP contribution in [0.25, 0.3) is 10.8 Å². The van der Waals surface area contributed by atoms with Crippen LogP contribution in [0.15, 0.2) is 91.0 Å². The smallest absolute Gasteiger partial charge is 0.264 e. The number of Topliss-reactive ketones (excluding diaryl/α,β-unsaturated/α-hetero) is 1. The molecule has 4 aromatic rings.